The highest BCUT2D eigenvalue weighted by Gasteiger charge is 2.13. The van der Waals surface area contributed by atoms with Gasteiger partial charge in [-0.1, -0.05) is 96.1 Å². The van der Waals surface area contributed by atoms with Crippen LogP contribution in [0, 0.1) is 16.0 Å². The number of esters is 2. The Morgan fingerprint density at radius 3 is 2.33 bits per heavy atom. The molecule has 0 aliphatic heterocycles. The van der Waals surface area contributed by atoms with E-state index in [1.54, 1.807) is 24.3 Å². The van der Waals surface area contributed by atoms with Crippen LogP contribution in [0.15, 0.2) is 60.7 Å². The third kappa shape index (κ3) is 22.8. The molecule has 0 aliphatic rings. The molecule has 1 unspecified atom stereocenters. The third-order valence-corrected chi connectivity index (χ3v) is 8.38. The standard InChI is InChI=1S/C26H28N2O9.C16H32O/c1-3-4-5-6-10-24(29)27-17-26(31)37-22-13-11-19(16-23(22)34-2)12-14-25(30)36-21-9-7-8-20(15-21)18-35-28(32)33;1-4-7-8-9-10-12-16(17)14-13-15(6-3)11-5-2/h3-4,7-9,11-16H,5-6,10,17-18H2,1-2H3,(H,27,29);15H,4-14H2,1-3H3/b4-3-,14-12+;. The monoisotopic (exact) mass is 752 g/mol. The summed E-state index contributed by atoms with van der Waals surface area (Å²) in [4.78, 5) is 62.4. The van der Waals surface area contributed by atoms with E-state index in [9.17, 15) is 29.3 Å². The Kier molecular flexibility index (Phi) is 25.6. The van der Waals surface area contributed by atoms with Crippen LogP contribution in [0.1, 0.15) is 129 Å². The Labute approximate surface area is 320 Å². The van der Waals surface area contributed by atoms with E-state index in [1.165, 1.54) is 82.4 Å². The zero-order chi connectivity index (χ0) is 40.0. The summed E-state index contributed by atoms with van der Waals surface area (Å²) in [7, 11) is 1.40. The number of rotatable bonds is 26. The van der Waals surface area contributed by atoms with E-state index in [0.717, 1.165) is 38.0 Å². The molecule has 1 N–H and O–H groups in total. The van der Waals surface area contributed by atoms with Gasteiger partial charge in [-0.25, -0.2) is 9.59 Å². The predicted octanol–water partition coefficient (Wildman–Crippen LogP) is 9.31. The van der Waals surface area contributed by atoms with E-state index in [-0.39, 0.29) is 36.3 Å². The Morgan fingerprint density at radius 1 is 0.870 bits per heavy atom. The van der Waals surface area contributed by atoms with Gasteiger partial charge in [-0.2, -0.15) is 0 Å². The van der Waals surface area contributed by atoms with Crippen molar-refractivity contribution in [1.82, 2.24) is 5.32 Å². The number of hydrogen-bond acceptors (Lipinski definition) is 10. The van der Waals surface area contributed by atoms with E-state index < -0.39 is 17.0 Å². The van der Waals surface area contributed by atoms with Gasteiger partial charge in [0.05, 0.1) is 7.11 Å². The first-order chi connectivity index (χ1) is 26.0. The van der Waals surface area contributed by atoms with Crippen LogP contribution in [0.25, 0.3) is 6.08 Å². The number of ketones is 1. The lowest BCUT2D eigenvalue weighted by molar-refractivity contribution is -0.763. The molecule has 0 spiro atoms. The van der Waals surface area contributed by atoms with Crippen molar-refractivity contribution in [3.63, 3.8) is 0 Å². The Balaban J connectivity index is 0.000000720. The van der Waals surface area contributed by atoms with Crippen molar-refractivity contribution in [3.8, 4) is 17.2 Å². The molecular formula is C42H60N2O10. The molecular weight excluding hydrogens is 692 g/mol. The minimum absolute atomic E-state index is 0.156. The number of nitrogens with one attached hydrogen (secondary N) is 1. The maximum Gasteiger partial charge on any atom is 0.336 e. The number of carbonyl (C=O) groups is 4. The van der Waals surface area contributed by atoms with Gasteiger partial charge in [0, 0.05) is 25.3 Å². The van der Waals surface area contributed by atoms with Crippen molar-refractivity contribution >= 4 is 29.7 Å². The average molecular weight is 753 g/mol. The number of allylic oxidation sites excluding steroid dienone is 2. The molecule has 0 aliphatic carbocycles. The lowest BCUT2D eigenvalue weighted by atomic mass is 9.93. The zero-order valence-corrected chi connectivity index (χ0v) is 32.8. The molecule has 2 rings (SSSR count). The summed E-state index contributed by atoms with van der Waals surface area (Å²) in [6.45, 7) is 8.06. The quantitative estimate of drug-likeness (QED) is 0.0187. The van der Waals surface area contributed by atoms with Gasteiger partial charge in [0.2, 0.25) is 5.91 Å². The highest BCUT2D eigenvalue weighted by atomic mass is 16.9. The molecule has 2 aromatic rings. The summed E-state index contributed by atoms with van der Waals surface area (Å²) in [6.07, 6.45) is 21.1. The van der Waals surface area contributed by atoms with Crippen molar-refractivity contribution < 1.29 is 43.3 Å². The van der Waals surface area contributed by atoms with Crippen LogP contribution in [0.3, 0.4) is 0 Å². The summed E-state index contributed by atoms with van der Waals surface area (Å²) in [6, 6.07) is 10.8. The SMILES string of the molecule is C/C=C\CCCC(=O)NCC(=O)Oc1ccc(/C=C/C(=O)Oc2cccc(CO[N+](=O)[O-])c2)cc1OC.CCCCCCCC(=O)CCC(CC)CCC. The van der Waals surface area contributed by atoms with E-state index in [1.807, 2.05) is 19.1 Å². The molecule has 54 heavy (non-hydrogen) atoms. The third-order valence-electron chi connectivity index (χ3n) is 8.38. The lowest BCUT2D eigenvalue weighted by Crippen LogP contribution is -2.31. The second kappa shape index (κ2) is 29.5. The van der Waals surface area contributed by atoms with Crippen LogP contribution < -0.4 is 19.5 Å². The highest BCUT2D eigenvalue weighted by Crippen LogP contribution is 2.29. The van der Waals surface area contributed by atoms with Crippen molar-refractivity contribution in [2.24, 2.45) is 5.92 Å². The van der Waals surface area contributed by atoms with Crippen LogP contribution in [-0.4, -0.2) is 42.4 Å². The van der Waals surface area contributed by atoms with E-state index in [2.05, 4.69) is 30.9 Å². The van der Waals surface area contributed by atoms with Gasteiger partial charge in [0.15, 0.2) is 11.5 Å². The zero-order valence-electron chi connectivity index (χ0n) is 32.8. The van der Waals surface area contributed by atoms with Gasteiger partial charge in [-0.05, 0) is 80.0 Å². The number of ether oxygens (including phenoxy) is 3. The van der Waals surface area contributed by atoms with Gasteiger partial charge in [0.25, 0.3) is 5.09 Å². The first-order valence-corrected chi connectivity index (χ1v) is 19.1. The number of benzene rings is 2. The molecule has 12 heteroatoms. The molecule has 0 aromatic heterocycles. The molecule has 0 radical (unpaired) electrons. The molecule has 0 saturated carbocycles. The maximum absolute atomic E-state index is 12.2. The van der Waals surface area contributed by atoms with Crippen LogP contribution >= 0.6 is 0 Å². The van der Waals surface area contributed by atoms with Crippen LogP contribution in [0.5, 0.6) is 17.2 Å². The number of Topliss-reactive ketones (excluding diaryl/α,β-unsaturated/α-hetero) is 1. The molecule has 1 amide bonds. The molecule has 1 atom stereocenters. The Hall–Kier alpha value is -5.00. The number of methoxy groups -OCH3 is 1. The largest absolute Gasteiger partial charge is 0.493 e. The number of nitrogens with zero attached hydrogens (tertiary/aromatic N) is 1. The fraction of sp³-hybridized carbons (Fsp3) is 0.524. The van der Waals surface area contributed by atoms with Crippen LogP contribution in [-0.2, 0) is 30.6 Å². The molecule has 0 heterocycles. The normalized spacial score (nSPS) is 11.4. The van der Waals surface area contributed by atoms with Crippen LogP contribution in [0.4, 0.5) is 0 Å². The van der Waals surface area contributed by atoms with E-state index in [4.69, 9.17) is 14.2 Å². The van der Waals surface area contributed by atoms with Crippen molar-refractivity contribution in [3.05, 3.63) is 81.9 Å². The van der Waals surface area contributed by atoms with E-state index >= 15 is 0 Å². The van der Waals surface area contributed by atoms with Gasteiger partial charge in [-0.15, -0.1) is 10.1 Å². The topological polar surface area (TPSA) is 160 Å². The molecule has 2 aromatic carbocycles. The summed E-state index contributed by atoms with van der Waals surface area (Å²) < 4.78 is 15.8. The average Bonchev–Trinajstić information content (AvgIpc) is 3.16. The fourth-order valence-electron chi connectivity index (χ4n) is 5.35. The summed E-state index contributed by atoms with van der Waals surface area (Å²) in [5.41, 5.74) is 1.03. The van der Waals surface area contributed by atoms with Gasteiger partial charge >= 0.3 is 11.9 Å². The maximum atomic E-state index is 12.2. The van der Waals surface area contributed by atoms with Gasteiger partial charge in [-0.3, -0.25) is 9.59 Å². The Morgan fingerprint density at radius 2 is 1.65 bits per heavy atom. The molecule has 0 fully saturated rings. The first kappa shape index (κ1) is 47.0. The van der Waals surface area contributed by atoms with Crippen molar-refractivity contribution in [2.75, 3.05) is 13.7 Å². The summed E-state index contributed by atoms with van der Waals surface area (Å²) >= 11 is 0. The Bertz CT molecular complexity index is 1490. The molecule has 0 bridgehead atoms. The first-order valence-electron chi connectivity index (χ1n) is 19.1. The molecule has 12 nitrogen and oxygen atoms in total. The fourth-order valence-corrected chi connectivity index (χ4v) is 5.35. The predicted molar refractivity (Wildman–Crippen MR) is 210 cm³/mol. The van der Waals surface area contributed by atoms with Gasteiger partial charge in [0.1, 0.15) is 24.7 Å². The second-order valence-corrected chi connectivity index (χ2v) is 12.8. The molecule has 298 valence electrons. The van der Waals surface area contributed by atoms with Gasteiger partial charge < -0.3 is 24.4 Å². The summed E-state index contributed by atoms with van der Waals surface area (Å²) in [5.74, 6) is 0.311. The smallest absolute Gasteiger partial charge is 0.336 e. The van der Waals surface area contributed by atoms with E-state index in [0.29, 0.717) is 29.8 Å². The second-order valence-electron chi connectivity index (χ2n) is 12.8. The highest BCUT2D eigenvalue weighted by molar-refractivity contribution is 5.89. The summed E-state index contributed by atoms with van der Waals surface area (Å²) in [5, 5.41) is 11.9. The minimum Gasteiger partial charge on any atom is -0.493 e. The lowest BCUT2D eigenvalue weighted by Gasteiger charge is -2.12. The number of carbonyl (C=O) groups excluding carboxylic acids is 4. The number of unbranched alkanes of at least 4 members (excludes halogenated alkanes) is 5. The molecule has 0 saturated heterocycles. The van der Waals surface area contributed by atoms with Crippen molar-refractivity contribution in [2.45, 2.75) is 124 Å². The van der Waals surface area contributed by atoms with Crippen LogP contribution in [0.2, 0.25) is 0 Å². The minimum atomic E-state index is -0.908. The number of amides is 1. The van der Waals surface area contributed by atoms with Crippen molar-refractivity contribution in [1.29, 1.82) is 0 Å². The number of hydrogen-bond donors (Lipinski definition) is 1.